The van der Waals surface area contributed by atoms with E-state index in [1.54, 1.807) is 0 Å². The van der Waals surface area contributed by atoms with E-state index in [2.05, 4.69) is 10.0 Å². The van der Waals surface area contributed by atoms with Crippen molar-refractivity contribution in [2.24, 2.45) is 0 Å². The van der Waals surface area contributed by atoms with Crippen LogP contribution in [0.3, 0.4) is 0 Å². The molecule has 0 aromatic heterocycles. The summed E-state index contributed by atoms with van der Waals surface area (Å²) < 4.78 is 32.7. The van der Waals surface area contributed by atoms with E-state index in [-0.39, 0.29) is 5.25 Å². The topological polar surface area (TPSA) is 67.4 Å². The van der Waals surface area contributed by atoms with E-state index < -0.39 is 15.6 Å². The fourth-order valence-electron chi connectivity index (χ4n) is 2.53. The highest BCUT2D eigenvalue weighted by molar-refractivity contribution is 7.90. The van der Waals surface area contributed by atoms with Gasteiger partial charge in [0.25, 0.3) is 0 Å². The lowest BCUT2D eigenvalue weighted by Crippen LogP contribution is -2.55. The molecule has 2 atom stereocenters. The summed E-state index contributed by atoms with van der Waals surface area (Å²) in [5.74, 6) is 0. The number of hydrogen-bond acceptors (Lipinski definition) is 4. The summed E-state index contributed by atoms with van der Waals surface area (Å²) in [6.45, 7) is 4.63. The van der Waals surface area contributed by atoms with Gasteiger partial charge < -0.3 is 10.1 Å². The summed E-state index contributed by atoms with van der Waals surface area (Å²) in [7, 11) is -3.23. The predicted octanol–water partition coefficient (Wildman–Crippen LogP) is 0.227. The molecule has 6 heteroatoms. The van der Waals surface area contributed by atoms with Crippen LogP contribution in [0.2, 0.25) is 0 Å². The molecule has 100 valence electrons. The number of sulfonamides is 1. The van der Waals surface area contributed by atoms with E-state index in [1.807, 2.05) is 6.92 Å². The Kier molecular flexibility index (Phi) is 4.07. The zero-order valence-electron chi connectivity index (χ0n) is 10.4. The van der Waals surface area contributed by atoms with Gasteiger partial charge in [-0.1, -0.05) is 0 Å². The van der Waals surface area contributed by atoms with Gasteiger partial charge in [0.2, 0.25) is 10.0 Å². The molecule has 0 radical (unpaired) electrons. The molecule has 17 heavy (non-hydrogen) atoms. The summed E-state index contributed by atoms with van der Waals surface area (Å²) in [5, 5.41) is 2.84. The van der Waals surface area contributed by atoms with Crippen molar-refractivity contribution in [3.05, 3.63) is 0 Å². The molecule has 2 N–H and O–H groups in total. The first-order valence-electron chi connectivity index (χ1n) is 6.33. The highest BCUT2D eigenvalue weighted by Gasteiger charge is 2.36. The van der Waals surface area contributed by atoms with Crippen molar-refractivity contribution in [2.75, 3.05) is 26.3 Å². The van der Waals surface area contributed by atoms with Crippen LogP contribution in [0.1, 0.15) is 32.6 Å². The Morgan fingerprint density at radius 1 is 1.41 bits per heavy atom. The lowest BCUT2D eigenvalue weighted by Gasteiger charge is -2.36. The van der Waals surface area contributed by atoms with Crippen LogP contribution in [0.25, 0.3) is 0 Å². The highest BCUT2D eigenvalue weighted by Crippen LogP contribution is 2.21. The van der Waals surface area contributed by atoms with Gasteiger partial charge in [0.05, 0.1) is 17.4 Å². The minimum atomic E-state index is -3.23. The number of hydrogen-bond donors (Lipinski definition) is 2. The molecule has 0 aliphatic carbocycles. The summed E-state index contributed by atoms with van der Waals surface area (Å²) in [6, 6.07) is 0. The average molecular weight is 262 g/mol. The van der Waals surface area contributed by atoms with Gasteiger partial charge in [-0.2, -0.15) is 0 Å². The second-order valence-corrected chi connectivity index (χ2v) is 7.29. The zero-order chi connectivity index (χ0) is 12.4. The third-order valence-corrected chi connectivity index (χ3v) is 5.57. The quantitative estimate of drug-likeness (QED) is 0.764. The number of rotatable bonds is 3. The van der Waals surface area contributed by atoms with E-state index in [9.17, 15) is 8.42 Å². The second kappa shape index (κ2) is 5.22. The minimum absolute atomic E-state index is 0.296. The van der Waals surface area contributed by atoms with Crippen molar-refractivity contribution in [1.29, 1.82) is 0 Å². The summed E-state index contributed by atoms with van der Waals surface area (Å²) >= 11 is 0. The minimum Gasteiger partial charge on any atom is -0.380 e. The van der Waals surface area contributed by atoms with Crippen molar-refractivity contribution in [3.8, 4) is 0 Å². The lowest BCUT2D eigenvalue weighted by atomic mass is 9.97. The van der Waals surface area contributed by atoms with E-state index in [0.717, 1.165) is 38.8 Å². The first-order valence-corrected chi connectivity index (χ1v) is 7.88. The van der Waals surface area contributed by atoms with E-state index in [0.29, 0.717) is 13.2 Å². The molecule has 0 spiro atoms. The standard InChI is InChI=1S/C11H22N2O3S/c1-11(5-3-7-16-9-11)13-17(14,15)10-4-2-6-12-8-10/h10,12-13H,2-9H2,1H3. The maximum absolute atomic E-state index is 12.3. The van der Waals surface area contributed by atoms with Crippen LogP contribution in [0.15, 0.2) is 0 Å². The van der Waals surface area contributed by atoms with Crippen LogP contribution in [0.4, 0.5) is 0 Å². The average Bonchev–Trinajstić information content (AvgIpc) is 2.30. The molecule has 2 heterocycles. The van der Waals surface area contributed by atoms with Crippen LogP contribution in [0.5, 0.6) is 0 Å². The molecule has 2 aliphatic rings. The van der Waals surface area contributed by atoms with Crippen molar-refractivity contribution in [1.82, 2.24) is 10.0 Å². The maximum Gasteiger partial charge on any atom is 0.216 e. The Morgan fingerprint density at radius 3 is 2.82 bits per heavy atom. The van der Waals surface area contributed by atoms with Crippen molar-refractivity contribution < 1.29 is 13.2 Å². The molecular weight excluding hydrogens is 240 g/mol. The Labute approximate surface area is 103 Å². The van der Waals surface area contributed by atoms with Gasteiger partial charge in [-0.3, -0.25) is 0 Å². The maximum atomic E-state index is 12.3. The van der Waals surface area contributed by atoms with Crippen LogP contribution in [0, 0.1) is 0 Å². The lowest BCUT2D eigenvalue weighted by molar-refractivity contribution is 0.0385. The number of nitrogens with one attached hydrogen (secondary N) is 2. The van der Waals surface area contributed by atoms with Crippen molar-refractivity contribution in [2.45, 2.75) is 43.4 Å². The molecule has 2 fully saturated rings. The van der Waals surface area contributed by atoms with Gasteiger partial charge in [0.15, 0.2) is 0 Å². The molecule has 5 nitrogen and oxygen atoms in total. The van der Waals surface area contributed by atoms with Gasteiger partial charge in [-0.05, 0) is 39.2 Å². The van der Waals surface area contributed by atoms with Gasteiger partial charge in [-0.15, -0.1) is 0 Å². The molecule has 0 aromatic rings. The normalized spacial score (nSPS) is 35.7. The van der Waals surface area contributed by atoms with Crippen LogP contribution in [-0.2, 0) is 14.8 Å². The summed E-state index contributed by atoms with van der Waals surface area (Å²) in [5.41, 5.74) is -0.422. The van der Waals surface area contributed by atoms with Gasteiger partial charge in [0, 0.05) is 13.2 Å². The predicted molar refractivity (Wildman–Crippen MR) is 66.4 cm³/mol. The summed E-state index contributed by atoms with van der Waals surface area (Å²) in [4.78, 5) is 0. The van der Waals surface area contributed by atoms with Crippen LogP contribution >= 0.6 is 0 Å². The molecular formula is C11H22N2O3S. The molecule has 0 aromatic carbocycles. The first-order chi connectivity index (χ1) is 8.02. The number of ether oxygens (including phenoxy) is 1. The molecule has 0 bridgehead atoms. The SMILES string of the molecule is CC1(NS(=O)(=O)C2CCCNC2)CCCOC1. The van der Waals surface area contributed by atoms with Crippen molar-refractivity contribution in [3.63, 3.8) is 0 Å². The fraction of sp³-hybridized carbons (Fsp3) is 1.00. The fourth-order valence-corrected chi connectivity index (χ4v) is 4.35. The molecule has 2 saturated heterocycles. The Hall–Kier alpha value is -0.170. The van der Waals surface area contributed by atoms with E-state index in [1.165, 1.54) is 0 Å². The van der Waals surface area contributed by atoms with Gasteiger partial charge in [-0.25, -0.2) is 13.1 Å². The Bertz CT molecular complexity index is 344. The van der Waals surface area contributed by atoms with E-state index >= 15 is 0 Å². The Morgan fingerprint density at radius 2 is 2.24 bits per heavy atom. The third-order valence-electron chi connectivity index (χ3n) is 3.52. The number of piperidine rings is 1. The zero-order valence-corrected chi connectivity index (χ0v) is 11.2. The van der Waals surface area contributed by atoms with Crippen LogP contribution in [-0.4, -0.2) is 45.5 Å². The second-order valence-electron chi connectivity index (χ2n) is 5.33. The third kappa shape index (κ3) is 3.40. The molecule has 0 amide bonds. The summed E-state index contributed by atoms with van der Waals surface area (Å²) in [6.07, 6.45) is 3.45. The molecule has 2 rings (SSSR count). The monoisotopic (exact) mass is 262 g/mol. The van der Waals surface area contributed by atoms with Crippen molar-refractivity contribution >= 4 is 10.0 Å². The highest BCUT2D eigenvalue weighted by atomic mass is 32.2. The smallest absolute Gasteiger partial charge is 0.216 e. The van der Waals surface area contributed by atoms with Gasteiger partial charge >= 0.3 is 0 Å². The molecule has 2 aliphatic heterocycles. The van der Waals surface area contributed by atoms with Gasteiger partial charge in [0.1, 0.15) is 0 Å². The molecule has 0 saturated carbocycles. The van der Waals surface area contributed by atoms with E-state index in [4.69, 9.17) is 4.74 Å². The Balaban J connectivity index is 2.00. The largest absolute Gasteiger partial charge is 0.380 e. The first kappa shape index (κ1) is 13.3. The van der Waals surface area contributed by atoms with Crippen LogP contribution < -0.4 is 10.0 Å². The molecule has 2 unspecified atom stereocenters.